The molecule has 25 heavy (non-hydrogen) atoms. The van der Waals surface area contributed by atoms with Crippen LogP contribution < -0.4 is 9.64 Å². The van der Waals surface area contributed by atoms with Crippen LogP contribution in [0.1, 0.15) is 24.2 Å². The van der Waals surface area contributed by atoms with Gasteiger partial charge in [-0.1, -0.05) is 23.4 Å². The van der Waals surface area contributed by atoms with Gasteiger partial charge in [-0.05, 0) is 49.2 Å². The molecule has 6 heteroatoms. The lowest BCUT2D eigenvalue weighted by Crippen LogP contribution is -2.28. The summed E-state index contributed by atoms with van der Waals surface area (Å²) in [6.45, 7) is 2.94. The molecule has 0 bridgehead atoms. The zero-order valence-electron chi connectivity index (χ0n) is 13.9. The number of para-hydroxylation sites is 1. The molecule has 4 rings (SSSR count). The fourth-order valence-corrected chi connectivity index (χ4v) is 3.11. The number of benzene rings is 2. The maximum atomic E-state index is 12.9. The molecule has 0 fully saturated rings. The summed E-state index contributed by atoms with van der Waals surface area (Å²) >= 11 is 0. The molecule has 3 aromatic rings. The molecular weight excluding hydrogens is 321 g/mol. The third-order valence-electron chi connectivity index (χ3n) is 4.35. The van der Waals surface area contributed by atoms with Crippen molar-refractivity contribution in [1.82, 2.24) is 10.1 Å². The maximum absolute atomic E-state index is 12.9. The summed E-state index contributed by atoms with van der Waals surface area (Å²) < 4.78 is 23.8. The molecule has 0 N–H and O–H groups in total. The van der Waals surface area contributed by atoms with Gasteiger partial charge < -0.3 is 14.2 Å². The van der Waals surface area contributed by atoms with Gasteiger partial charge in [0, 0.05) is 11.7 Å². The van der Waals surface area contributed by atoms with E-state index in [9.17, 15) is 4.39 Å². The molecule has 0 saturated carbocycles. The number of nitrogens with zero attached hydrogens (tertiary/aromatic N) is 3. The topological polar surface area (TPSA) is 51.4 Å². The van der Waals surface area contributed by atoms with Crippen molar-refractivity contribution in [3.63, 3.8) is 0 Å². The molecule has 0 amide bonds. The van der Waals surface area contributed by atoms with Gasteiger partial charge in [0.15, 0.2) is 6.61 Å². The largest absolute Gasteiger partial charge is 0.485 e. The lowest BCUT2D eigenvalue weighted by molar-refractivity contribution is 0.284. The summed E-state index contributed by atoms with van der Waals surface area (Å²) in [6, 6.07) is 14.6. The average Bonchev–Trinajstić information content (AvgIpc) is 3.19. The average molecular weight is 339 g/mol. The predicted octanol–water partition coefficient (Wildman–Crippen LogP) is 3.74. The summed E-state index contributed by atoms with van der Waals surface area (Å²) in [5.41, 5.74) is 2.56. The second-order valence-electron chi connectivity index (χ2n) is 6.16. The Bertz CT molecular complexity index is 863. The van der Waals surface area contributed by atoms with E-state index in [4.69, 9.17) is 9.26 Å². The highest BCUT2D eigenvalue weighted by molar-refractivity contribution is 5.59. The molecule has 2 heterocycles. The number of aromatic nitrogens is 2. The SMILES string of the molecule is CC1Cc2ccccc2N1Cc1nc(COc2ccc(F)cc2)no1. The van der Waals surface area contributed by atoms with E-state index in [1.165, 1.54) is 23.4 Å². The quantitative estimate of drug-likeness (QED) is 0.709. The van der Waals surface area contributed by atoms with Gasteiger partial charge in [0.05, 0.1) is 6.54 Å². The van der Waals surface area contributed by atoms with Crippen LogP contribution in [0, 0.1) is 5.82 Å². The number of ether oxygens (including phenoxy) is 1. The summed E-state index contributed by atoms with van der Waals surface area (Å²) in [7, 11) is 0. The van der Waals surface area contributed by atoms with E-state index in [1.54, 1.807) is 12.1 Å². The van der Waals surface area contributed by atoms with Crippen molar-refractivity contribution in [3.05, 3.63) is 71.6 Å². The minimum absolute atomic E-state index is 0.182. The van der Waals surface area contributed by atoms with Gasteiger partial charge >= 0.3 is 0 Å². The number of rotatable bonds is 5. The number of anilines is 1. The Balaban J connectivity index is 1.41. The van der Waals surface area contributed by atoms with E-state index in [1.807, 2.05) is 6.07 Å². The van der Waals surface area contributed by atoms with Crippen molar-refractivity contribution in [2.24, 2.45) is 0 Å². The Labute approximate surface area is 145 Å². The number of halogens is 1. The van der Waals surface area contributed by atoms with Crippen LogP contribution in [0.4, 0.5) is 10.1 Å². The standard InChI is InChI=1S/C19H18FN3O2/c1-13-10-14-4-2-3-5-17(14)23(13)11-19-21-18(22-25-19)12-24-16-8-6-15(20)7-9-16/h2-9,13H,10-12H2,1H3. The fraction of sp³-hybridized carbons (Fsp3) is 0.263. The van der Waals surface area contributed by atoms with Crippen LogP contribution in [-0.4, -0.2) is 16.2 Å². The van der Waals surface area contributed by atoms with Crippen LogP contribution in [-0.2, 0) is 19.6 Å². The van der Waals surface area contributed by atoms with Gasteiger partial charge in [-0.15, -0.1) is 0 Å². The normalized spacial score (nSPS) is 16.1. The van der Waals surface area contributed by atoms with Crippen molar-refractivity contribution in [3.8, 4) is 5.75 Å². The molecule has 0 spiro atoms. The van der Waals surface area contributed by atoms with E-state index in [-0.39, 0.29) is 12.4 Å². The van der Waals surface area contributed by atoms with Crippen molar-refractivity contribution in [1.29, 1.82) is 0 Å². The first-order chi connectivity index (χ1) is 12.2. The summed E-state index contributed by atoms with van der Waals surface area (Å²) in [4.78, 5) is 6.67. The van der Waals surface area contributed by atoms with Crippen molar-refractivity contribution in [2.45, 2.75) is 32.5 Å². The van der Waals surface area contributed by atoms with Crippen LogP contribution in [0.2, 0.25) is 0 Å². The van der Waals surface area contributed by atoms with Gasteiger partial charge in [-0.2, -0.15) is 4.98 Å². The second kappa shape index (κ2) is 6.55. The fourth-order valence-electron chi connectivity index (χ4n) is 3.11. The Morgan fingerprint density at radius 1 is 1.20 bits per heavy atom. The first-order valence-corrected chi connectivity index (χ1v) is 8.23. The van der Waals surface area contributed by atoms with Gasteiger partial charge in [-0.3, -0.25) is 0 Å². The predicted molar refractivity (Wildman–Crippen MR) is 90.8 cm³/mol. The Kier molecular flexibility index (Phi) is 4.09. The highest BCUT2D eigenvalue weighted by Crippen LogP contribution is 2.32. The molecule has 0 radical (unpaired) electrons. The van der Waals surface area contributed by atoms with E-state index in [0.29, 0.717) is 30.1 Å². The van der Waals surface area contributed by atoms with Gasteiger partial charge in [0.2, 0.25) is 11.7 Å². The first kappa shape index (κ1) is 15.6. The molecule has 5 nitrogen and oxygen atoms in total. The molecule has 1 atom stereocenters. The Hall–Kier alpha value is -2.89. The molecule has 1 aromatic heterocycles. The minimum atomic E-state index is -0.297. The molecule has 128 valence electrons. The minimum Gasteiger partial charge on any atom is -0.485 e. The summed E-state index contributed by atoms with van der Waals surface area (Å²) in [5.74, 6) is 1.30. The second-order valence-corrected chi connectivity index (χ2v) is 6.16. The van der Waals surface area contributed by atoms with Crippen LogP contribution in [0.15, 0.2) is 53.1 Å². The van der Waals surface area contributed by atoms with Gasteiger partial charge in [-0.25, -0.2) is 4.39 Å². The zero-order chi connectivity index (χ0) is 17.2. The first-order valence-electron chi connectivity index (χ1n) is 8.23. The highest BCUT2D eigenvalue weighted by Gasteiger charge is 2.27. The third kappa shape index (κ3) is 3.33. The molecule has 2 aromatic carbocycles. The van der Waals surface area contributed by atoms with Gasteiger partial charge in [0.1, 0.15) is 11.6 Å². The molecule has 1 aliphatic heterocycles. The molecular formula is C19H18FN3O2. The molecule has 0 aliphatic carbocycles. The number of hydrogen-bond acceptors (Lipinski definition) is 5. The lowest BCUT2D eigenvalue weighted by atomic mass is 10.1. The van der Waals surface area contributed by atoms with Crippen molar-refractivity contribution in [2.75, 3.05) is 4.90 Å². The number of fused-ring (bicyclic) bond motifs is 1. The van der Waals surface area contributed by atoms with Crippen LogP contribution in [0.5, 0.6) is 5.75 Å². The summed E-state index contributed by atoms with van der Waals surface area (Å²) in [5, 5.41) is 3.96. The molecule has 1 aliphatic rings. The number of hydrogen-bond donors (Lipinski definition) is 0. The summed E-state index contributed by atoms with van der Waals surface area (Å²) in [6.07, 6.45) is 1.02. The van der Waals surface area contributed by atoms with E-state index in [2.05, 4.69) is 40.2 Å². The van der Waals surface area contributed by atoms with E-state index in [0.717, 1.165) is 6.42 Å². The van der Waals surface area contributed by atoms with Gasteiger partial charge in [0.25, 0.3) is 0 Å². The zero-order valence-corrected chi connectivity index (χ0v) is 13.9. The maximum Gasteiger partial charge on any atom is 0.246 e. The monoisotopic (exact) mass is 339 g/mol. The molecule has 1 unspecified atom stereocenters. The van der Waals surface area contributed by atoms with Crippen molar-refractivity contribution >= 4 is 5.69 Å². The van der Waals surface area contributed by atoms with Crippen LogP contribution >= 0.6 is 0 Å². The van der Waals surface area contributed by atoms with E-state index < -0.39 is 0 Å². The van der Waals surface area contributed by atoms with Crippen LogP contribution in [0.3, 0.4) is 0 Å². The highest BCUT2D eigenvalue weighted by atomic mass is 19.1. The molecule has 0 saturated heterocycles. The third-order valence-corrected chi connectivity index (χ3v) is 4.35. The Morgan fingerprint density at radius 2 is 2.00 bits per heavy atom. The van der Waals surface area contributed by atoms with Crippen molar-refractivity contribution < 1.29 is 13.7 Å². The smallest absolute Gasteiger partial charge is 0.246 e. The van der Waals surface area contributed by atoms with E-state index >= 15 is 0 Å². The van der Waals surface area contributed by atoms with Crippen LogP contribution in [0.25, 0.3) is 0 Å². The Morgan fingerprint density at radius 3 is 2.84 bits per heavy atom. The lowest BCUT2D eigenvalue weighted by Gasteiger charge is -2.22.